The third-order valence-electron chi connectivity index (χ3n) is 3.29. The third kappa shape index (κ3) is 3.19. The molecule has 0 bridgehead atoms. The first-order valence-corrected chi connectivity index (χ1v) is 6.63. The smallest absolute Gasteiger partial charge is 0.131 e. The van der Waals surface area contributed by atoms with Gasteiger partial charge >= 0.3 is 0 Å². The minimum atomic E-state index is 0.0511. The van der Waals surface area contributed by atoms with E-state index in [-0.39, 0.29) is 5.41 Å². The van der Waals surface area contributed by atoms with Gasteiger partial charge in [-0.15, -0.1) is 0 Å². The number of hydrogen-bond acceptors (Lipinski definition) is 4. The predicted octanol–water partition coefficient (Wildman–Crippen LogP) is 2.39. The molecule has 2 rings (SSSR count). The monoisotopic (exact) mass is 249 g/mol. The van der Waals surface area contributed by atoms with E-state index in [0.29, 0.717) is 5.92 Å². The molecule has 1 aliphatic rings. The highest BCUT2D eigenvalue weighted by Gasteiger charge is 2.21. The number of ether oxygens (including phenoxy) is 1. The average Bonchev–Trinajstić information content (AvgIpc) is 2.80. The van der Waals surface area contributed by atoms with Gasteiger partial charge in [0.25, 0.3) is 0 Å². The maximum atomic E-state index is 5.41. The Morgan fingerprint density at radius 1 is 1.39 bits per heavy atom. The topological polar surface area (TPSA) is 47.0 Å². The molecule has 1 fully saturated rings. The molecule has 0 saturated carbocycles. The second kappa shape index (κ2) is 5.22. The van der Waals surface area contributed by atoms with Gasteiger partial charge in [0.1, 0.15) is 11.6 Å². The van der Waals surface area contributed by atoms with Crippen LogP contribution in [0.2, 0.25) is 0 Å². The van der Waals surface area contributed by atoms with Crippen LogP contribution < -0.4 is 5.32 Å². The molecule has 0 amide bonds. The van der Waals surface area contributed by atoms with Gasteiger partial charge in [-0.25, -0.2) is 9.97 Å². The molecular weight excluding hydrogens is 226 g/mol. The first-order valence-electron chi connectivity index (χ1n) is 6.63. The SMILES string of the molecule is CNc1cc(C(C)(C)C)nc(CC2CCOC2)n1. The Balaban J connectivity index is 2.23. The maximum Gasteiger partial charge on any atom is 0.131 e. The Hall–Kier alpha value is -1.16. The molecule has 18 heavy (non-hydrogen) atoms. The number of anilines is 1. The lowest BCUT2D eigenvalue weighted by Crippen LogP contribution is -2.17. The summed E-state index contributed by atoms with van der Waals surface area (Å²) in [6.45, 7) is 8.26. The maximum absolute atomic E-state index is 5.41. The number of nitrogens with one attached hydrogen (secondary N) is 1. The van der Waals surface area contributed by atoms with Crippen molar-refractivity contribution in [2.75, 3.05) is 25.6 Å². The summed E-state index contributed by atoms with van der Waals surface area (Å²) in [5, 5.41) is 3.12. The largest absolute Gasteiger partial charge is 0.381 e. The van der Waals surface area contributed by atoms with Gasteiger partial charge in [-0.1, -0.05) is 20.8 Å². The molecule has 1 aromatic rings. The van der Waals surface area contributed by atoms with Crippen LogP contribution in [0.1, 0.15) is 38.7 Å². The molecule has 1 atom stereocenters. The number of rotatable bonds is 3. The number of nitrogens with zero attached hydrogens (tertiary/aromatic N) is 2. The van der Waals surface area contributed by atoms with E-state index in [1.54, 1.807) is 0 Å². The van der Waals surface area contributed by atoms with Crippen LogP contribution >= 0.6 is 0 Å². The molecule has 1 aromatic heterocycles. The van der Waals surface area contributed by atoms with Crippen molar-refractivity contribution in [2.24, 2.45) is 5.92 Å². The molecule has 1 unspecified atom stereocenters. The summed E-state index contributed by atoms with van der Waals surface area (Å²) < 4.78 is 5.41. The second-order valence-corrected chi connectivity index (χ2v) is 5.99. The van der Waals surface area contributed by atoms with Crippen molar-refractivity contribution in [3.63, 3.8) is 0 Å². The van der Waals surface area contributed by atoms with E-state index < -0.39 is 0 Å². The standard InChI is InChI=1S/C14H23N3O/c1-14(2,3)11-8-12(15-4)17-13(16-11)7-10-5-6-18-9-10/h8,10H,5-7,9H2,1-4H3,(H,15,16,17). The van der Waals surface area contributed by atoms with Crippen LogP contribution in [0.3, 0.4) is 0 Å². The zero-order valence-corrected chi connectivity index (χ0v) is 11.8. The fourth-order valence-electron chi connectivity index (χ4n) is 2.10. The van der Waals surface area contributed by atoms with Gasteiger partial charge in [0.15, 0.2) is 0 Å². The minimum absolute atomic E-state index is 0.0511. The van der Waals surface area contributed by atoms with Gasteiger partial charge < -0.3 is 10.1 Å². The van der Waals surface area contributed by atoms with Gasteiger partial charge in [-0.05, 0) is 12.3 Å². The lowest BCUT2D eigenvalue weighted by molar-refractivity contribution is 0.185. The first kappa shape index (κ1) is 13.3. The predicted molar refractivity (Wildman–Crippen MR) is 72.9 cm³/mol. The van der Waals surface area contributed by atoms with Crippen molar-refractivity contribution in [3.05, 3.63) is 17.6 Å². The van der Waals surface area contributed by atoms with Crippen LogP contribution in [-0.2, 0) is 16.6 Å². The zero-order chi connectivity index (χ0) is 13.2. The number of hydrogen-bond donors (Lipinski definition) is 1. The highest BCUT2D eigenvalue weighted by atomic mass is 16.5. The fourth-order valence-corrected chi connectivity index (χ4v) is 2.10. The minimum Gasteiger partial charge on any atom is -0.381 e. The quantitative estimate of drug-likeness (QED) is 0.893. The molecule has 4 nitrogen and oxygen atoms in total. The van der Waals surface area contributed by atoms with Gasteiger partial charge in [0, 0.05) is 38.2 Å². The van der Waals surface area contributed by atoms with Gasteiger partial charge in [0.2, 0.25) is 0 Å². The van der Waals surface area contributed by atoms with Crippen LogP contribution in [-0.4, -0.2) is 30.2 Å². The normalized spacial score (nSPS) is 20.1. The van der Waals surface area contributed by atoms with Crippen LogP contribution in [0, 0.1) is 5.92 Å². The lowest BCUT2D eigenvalue weighted by atomic mass is 9.91. The van der Waals surface area contributed by atoms with Crippen molar-refractivity contribution >= 4 is 5.82 Å². The zero-order valence-electron chi connectivity index (χ0n) is 11.8. The Morgan fingerprint density at radius 2 is 2.17 bits per heavy atom. The van der Waals surface area contributed by atoms with Crippen molar-refractivity contribution in [1.29, 1.82) is 0 Å². The van der Waals surface area contributed by atoms with Crippen LogP contribution in [0.15, 0.2) is 6.07 Å². The Bertz CT molecular complexity index is 406. The third-order valence-corrected chi connectivity index (χ3v) is 3.29. The molecule has 2 heterocycles. The average molecular weight is 249 g/mol. The van der Waals surface area contributed by atoms with E-state index in [1.807, 2.05) is 13.1 Å². The van der Waals surface area contributed by atoms with Crippen LogP contribution in [0.4, 0.5) is 5.82 Å². The Labute approximate surface area is 109 Å². The highest BCUT2D eigenvalue weighted by molar-refractivity contribution is 5.37. The summed E-state index contributed by atoms with van der Waals surface area (Å²) in [5.41, 5.74) is 1.14. The summed E-state index contributed by atoms with van der Waals surface area (Å²) in [4.78, 5) is 9.26. The molecule has 0 aliphatic carbocycles. The molecule has 4 heteroatoms. The van der Waals surface area contributed by atoms with Crippen molar-refractivity contribution in [1.82, 2.24) is 9.97 Å². The van der Waals surface area contributed by atoms with Crippen molar-refractivity contribution in [2.45, 2.75) is 39.0 Å². The highest BCUT2D eigenvalue weighted by Crippen LogP contribution is 2.24. The Morgan fingerprint density at radius 3 is 2.72 bits per heavy atom. The summed E-state index contributed by atoms with van der Waals surface area (Å²) in [7, 11) is 1.90. The molecule has 100 valence electrons. The van der Waals surface area contributed by atoms with Gasteiger partial charge in [-0.2, -0.15) is 0 Å². The molecule has 0 spiro atoms. The van der Waals surface area contributed by atoms with E-state index in [9.17, 15) is 0 Å². The van der Waals surface area contributed by atoms with Gasteiger partial charge in [0.05, 0.1) is 5.69 Å². The van der Waals surface area contributed by atoms with Crippen molar-refractivity contribution < 1.29 is 4.74 Å². The summed E-state index contributed by atoms with van der Waals surface area (Å²) >= 11 is 0. The molecule has 1 N–H and O–H groups in total. The molecule has 0 radical (unpaired) electrons. The van der Waals surface area contributed by atoms with E-state index >= 15 is 0 Å². The summed E-state index contributed by atoms with van der Waals surface area (Å²) in [5.74, 6) is 2.41. The van der Waals surface area contributed by atoms with E-state index in [2.05, 4.69) is 31.1 Å². The van der Waals surface area contributed by atoms with E-state index in [0.717, 1.165) is 43.4 Å². The Kier molecular flexibility index (Phi) is 3.85. The van der Waals surface area contributed by atoms with Crippen LogP contribution in [0.5, 0.6) is 0 Å². The van der Waals surface area contributed by atoms with Crippen LogP contribution in [0.25, 0.3) is 0 Å². The van der Waals surface area contributed by atoms with E-state index in [4.69, 9.17) is 9.72 Å². The van der Waals surface area contributed by atoms with Crippen molar-refractivity contribution in [3.8, 4) is 0 Å². The lowest BCUT2D eigenvalue weighted by Gasteiger charge is -2.20. The fraction of sp³-hybridized carbons (Fsp3) is 0.714. The summed E-state index contributed by atoms with van der Waals surface area (Å²) in [6.07, 6.45) is 2.04. The van der Waals surface area contributed by atoms with Gasteiger partial charge in [-0.3, -0.25) is 0 Å². The second-order valence-electron chi connectivity index (χ2n) is 5.99. The molecule has 1 saturated heterocycles. The molecule has 1 aliphatic heterocycles. The van der Waals surface area contributed by atoms with E-state index in [1.165, 1.54) is 0 Å². The molecular formula is C14H23N3O. The first-order chi connectivity index (χ1) is 8.49. The summed E-state index contributed by atoms with van der Waals surface area (Å²) in [6, 6.07) is 2.04. The molecule has 0 aromatic carbocycles. The number of aromatic nitrogens is 2.